The summed E-state index contributed by atoms with van der Waals surface area (Å²) in [6, 6.07) is 37.1. The van der Waals surface area contributed by atoms with Crippen LogP contribution in [-0.2, 0) is 13.9 Å². The average molecular weight is 501 g/mol. The van der Waals surface area contributed by atoms with Gasteiger partial charge in [-0.1, -0.05) is 128 Å². The quantitative estimate of drug-likeness (QED) is 0.261. The van der Waals surface area contributed by atoms with Crippen molar-refractivity contribution < 1.29 is 13.9 Å². The van der Waals surface area contributed by atoms with Gasteiger partial charge in [-0.05, 0) is 6.42 Å². The van der Waals surface area contributed by atoms with Crippen LogP contribution in [0.15, 0.2) is 121 Å². The van der Waals surface area contributed by atoms with Gasteiger partial charge in [-0.3, -0.25) is 4.79 Å². The van der Waals surface area contributed by atoms with Gasteiger partial charge in [0, 0.05) is 33.8 Å². The van der Waals surface area contributed by atoms with Crippen molar-refractivity contribution in [2.45, 2.75) is 25.4 Å². The predicted molar refractivity (Wildman–Crippen MR) is 148 cm³/mol. The number of hydrogen-bond donors (Lipinski definition) is 0. The summed E-state index contributed by atoms with van der Waals surface area (Å²) in [5, 5.41) is 2.59. The fourth-order valence-electron chi connectivity index (χ4n) is 4.58. The molecule has 0 spiro atoms. The highest BCUT2D eigenvalue weighted by Gasteiger charge is 2.45. The third-order valence-electron chi connectivity index (χ3n) is 6.36. The van der Waals surface area contributed by atoms with Crippen molar-refractivity contribution in [2.75, 3.05) is 6.16 Å². The fraction of sp³-hybridized carbons (Fsp3) is 0.167. The molecule has 0 fully saturated rings. The van der Waals surface area contributed by atoms with E-state index in [1.807, 2.05) is 128 Å². The molecule has 0 aliphatic carbocycles. The first-order valence-corrected chi connectivity index (χ1v) is 15.6. The van der Waals surface area contributed by atoms with Gasteiger partial charge in [0.2, 0.25) is 0 Å². The molecule has 0 saturated heterocycles. The van der Waals surface area contributed by atoms with Crippen molar-refractivity contribution in [2.24, 2.45) is 0 Å². The van der Waals surface area contributed by atoms with Crippen molar-refractivity contribution in [3.63, 3.8) is 0 Å². The summed E-state index contributed by atoms with van der Waals surface area (Å²) in [5.74, 6) is -0.101. The lowest BCUT2D eigenvalue weighted by Crippen LogP contribution is -2.37. The molecule has 0 aromatic heterocycles. The predicted octanol–water partition coefficient (Wildman–Crippen LogP) is 5.75. The van der Waals surface area contributed by atoms with E-state index in [4.69, 9.17) is 0 Å². The van der Waals surface area contributed by atoms with Crippen LogP contribution in [0, 0.1) is 0 Å². The monoisotopic (exact) mass is 500 g/mol. The van der Waals surface area contributed by atoms with Gasteiger partial charge >= 0.3 is 0 Å². The Hall–Kier alpha value is -2.99. The zero-order chi connectivity index (χ0) is 24.7. The van der Waals surface area contributed by atoms with Crippen LogP contribution < -0.4 is 21.2 Å². The van der Waals surface area contributed by atoms with E-state index in [0.717, 1.165) is 0 Å². The van der Waals surface area contributed by atoms with Crippen LogP contribution in [0.4, 0.5) is 0 Å². The zero-order valence-corrected chi connectivity index (χ0v) is 21.7. The van der Waals surface area contributed by atoms with Gasteiger partial charge < -0.3 is 9.13 Å². The van der Waals surface area contributed by atoms with Crippen molar-refractivity contribution in [3.05, 3.63) is 121 Å². The summed E-state index contributed by atoms with van der Waals surface area (Å²) in [7, 11) is -6.77. The second-order valence-electron chi connectivity index (χ2n) is 8.65. The first-order chi connectivity index (χ1) is 17.0. The first kappa shape index (κ1) is 25.1. The highest BCUT2D eigenvalue weighted by atomic mass is 31.2. The molecule has 0 aliphatic rings. The Morgan fingerprint density at radius 1 is 0.600 bits per heavy atom. The summed E-state index contributed by atoms with van der Waals surface area (Å²) < 4.78 is 30.2. The normalized spacial score (nSPS) is 12.7. The minimum atomic E-state index is -3.48. The van der Waals surface area contributed by atoms with Gasteiger partial charge in [0.15, 0.2) is 7.14 Å². The number of ketones is 1. The van der Waals surface area contributed by atoms with Crippen LogP contribution in [0.3, 0.4) is 0 Å². The van der Waals surface area contributed by atoms with E-state index in [0.29, 0.717) is 27.6 Å². The van der Waals surface area contributed by atoms with Gasteiger partial charge in [0.25, 0.3) is 0 Å². The summed E-state index contributed by atoms with van der Waals surface area (Å²) in [5.41, 5.74) is -0.904. The number of carbonyl (C=O) groups is 1. The maximum Gasteiger partial charge on any atom is 0.153 e. The summed E-state index contributed by atoms with van der Waals surface area (Å²) >= 11 is 0. The molecule has 4 rings (SSSR count). The Bertz CT molecular complexity index is 1250. The Morgan fingerprint density at radius 3 is 1.29 bits per heavy atom. The Balaban J connectivity index is 1.96. The van der Waals surface area contributed by atoms with Crippen molar-refractivity contribution >= 4 is 41.3 Å². The molecular formula is C30H30O3P2. The van der Waals surface area contributed by atoms with E-state index in [9.17, 15) is 9.36 Å². The molecule has 4 aromatic carbocycles. The van der Waals surface area contributed by atoms with Gasteiger partial charge in [-0.2, -0.15) is 0 Å². The smallest absolute Gasteiger partial charge is 0.153 e. The summed E-state index contributed by atoms with van der Waals surface area (Å²) in [4.78, 5) is 13.8. The topological polar surface area (TPSA) is 51.2 Å². The van der Waals surface area contributed by atoms with Crippen LogP contribution >= 0.6 is 14.3 Å². The molecule has 4 aromatic rings. The Morgan fingerprint density at radius 2 is 0.943 bits per heavy atom. The van der Waals surface area contributed by atoms with Gasteiger partial charge in [-0.15, -0.1) is 0 Å². The van der Waals surface area contributed by atoms with Gasteiger partial charge in [-0.25, -0.2) is 0 Å². The molecule has 1 unspecified atom stereocenters. The van der Waals surface area contributed by atoms with Crippen molar-refractivity contribution in [1.29, 1.82) is 0 Å². The number of benzene rings is 4. The molecule has 178 valence electrons. The average Bonchev–Trinajstić information content (AvgIpc) is 2.93. The third kappa shape index (κ3) is 5.18. The number of hydrogen-bond acceptors (Lipinski definition) is 3. The molecule has 0 heterocycles. The molecule has 0 saturated carbocycles. The van der Waals surface area contributed by atoms with E-state index >= 15 is 4.57 Å². The standard InChI is InChI=1S/C30H30O3P2/c1-2-15-29(31)30(35(33,27-20-11-5-12-21-27)28-22-13-6-14-23-28)24-34(32,25-16-7-3-8-17-25)26-18-9-4-10-19-26/h3-14,16-23,30H,2,15,24H2,1H3. The zero-order valence-electron chi connectivity index (χ0n) is 19.9. The maximum atomic E-state index is 15.2. The summed E-state index contributed by atoms with van der Waals surface area (Å²) in [6.45, 7) is 1.94. The van der Waals surface area contributed by atoms with Crippen molar-refractivity contribution in [3.8, 4) is 0 Å². The number of Topliss-reactive ketones (excluding diaryl/α,β-unsaturated/α-hetero) is 1. The molecule has 0 radical (unpaired) electrons. The lowest BCUT2D eigenvalue weighted by Gasteiger charge is -2.31. The van der Waals surface area contributed by atoms with Crippen LogP contribution in [0.5, 0.6) is 0 Å². The van der Waals surface area contributed by atoms with Crippen LogP contribution in [0.25, 0.3) is 0 Å². The van der Waals surface area contributed by atoms with Crippen LogP contribution in [-0.4, -0.2) is 17.6 Å². The van der Waals surface area contributed by atoms with Gasteiger partial charge in [0.05, 0.1) is 5.66 Å². The molecule has 35 heavy (non-hydrogen) atoms. The Labute approximate surface area is 208 Å². The minimum Gasteiger partial charge on any atom is -0.314 e. The van der Waals surface area contributed by atoms with Crippen LogP contribution in [0.1, 0.15) is 19.8 Å². The minimum absolute atomic E-state index is 0.0148. The molecule has 5 heteroatoms. The number of carbonyl (C=O) groups excluding carboxylic acids is 1. The fourth-order valence-corrected chi connectivity index (χ4v) is 11.7. The van der Waals surface area contributed by atoms with Crippen molar-refractivity contribution in [1.82, 2.24) is 0 Å². The molecule has 0 aliphatic heterocycles. The lowest BCUT2D eigenvalue weighted by molar-refractivity contribution is -0.118. The molecule has 0 bridgehead atoms. The van der Waals surface area contributed by atoms with E-state index in [1.54, 1.807) is 0 Å². The van der Waals surface area contributed by atoms with E-state index in [-0.39, 0.29) is 18.4 Å². The second-order valence-corrected chi connectivity index (χ2v) is 14.5. The maximum absolute atomic E-state index is 15.2. The first-order valence-electron chi connectivity index (χ1n) is 11.9. The highest BCUT2D eigenvalue weighted by molar-refractivity contribution is 7.83. The lowest BCUT2D eigenvalue weighted by atomic mass is 10.2. The SMILES string of the molecule is CCCC(=O)C(CP(=O)(c1ccccc1)c1ccccc1)P(=O)(c1ccccc1)c1ccccc1. The Kier molecular flexibility index (Phi) is 8.01. The highest BCUT2D eigenvalue weighted by Crippen LogP contribution is 2.56. The third-order valence-corrected chi connectivity index (χ3v) is 13.3. The molecular weight excluding hydrogens is 470 g/mol. The summed E-state index contributed by atoms with van der Waals surface area (Å²) in [6.07, 6.45) is 0.943. The molecule has 3 nitrogen and oxygen atoms in total. The van der Waals surface area contributed by atoms with E-state index in [2.05, 4.69) is 0 Å². The van der Waals surface area contributed by atoms with Crippen LogP contribution in [0.2, 0.25) is 0 Å². The van der Waals surface area contributed by atoms with Gasteiger partial charge in [0.1, 0.15) is 12.9 Å². The van der Waals surface area contributed by atoms with E-state index in [1.165, 1.54) is 0 Å². The number of rotatable bonds is 10. The largest absolute Gasteiger partial charge is 0.314 e. The molecule has 0 N–H and O–H groups in total. The second kappa shape index (κ2) is 11.2. The van der Waals surface area contributed by atoms with E-state index < -0.39 is 19.9 Å². The molecule has 0 amide bonds. The molecule has 1 atom stereocenters.